The molecule has 1 heterocycles. The molecule has 0 aliphatic rings. The normalized spacial score (nSPS) is 10.8. The van der Waals surface area contributed by atoms with Crippen LogP contribution in [-0.2, 0) is 17.6 Å². The molecule has 0 aliphatic carbocycles. The average molecular weight is 340 g/mol. The van der Waals surface area contributed by atoms with Gasteiger partial charge in [0.1, 0.15) is 11.3 Å². The molecule has 0 bridgehead atoms. The van der Waals surface area contributed by atoms with Gasteiger partial charge in [0.25, 0.3) is 0 Å². The van der Waals surface area contributed by atoms with Gasteiger partial charge in [-0.2, -0.15) is 0 Å². The van der Waals surface area contributed by atoms with Crippen LogP contribution >= 0.6 is 11.3 Å². The fraction of sp³-hybridized carbons (Fsp3) is 0.263. The van der Waals surface area contributed by atoms with Gasteiger partial charge in [0, 0.05) is 0 Å². The number of anilines is 1. The Kier molecular flexibility index (Phi) is 4.81. The summed E-state index contributed by atoms with van der Waals surface area (Å²) in [7, 11) is 1.63. The van der Waals surface area contributed by atoms with E-state index in [9.17, 15) is 4.79 Å². The van der Waals surface area contributed by atoms with Crippen molar-refractivity contribution in [3.8, 4) is 5.75 Å². The van der Waals surface area contributed by atoms with E-state index in [4.69, 9.17) is 4.74 Å². The predicted molar refractivity (Wildman–Crippen MR) is 99.1 cm³/mol. The molecule has 1 N–H and O–H groups in total. The van der Waals surface area contributed by atoms with Gasteiger partial charge < -0.3 is 10.1 Å². The maximum absolute atomic E-state index is 12.3. The van der Waals surface area contributed by atoms with Gasteiger partial charge >= 0.3 is 0 Å². The van der Waals surface area contributed by atoms with Crippen LogP contribution in [0.15, 0.2) is 36.4 Å². The van der Waals surface area contributed by atoms with E-state index < -0.39 is 0 Å². The molecular formula is C19H20N2O2S. The lowest BCUT2D eigenvalue weighted by Crippen LogP contribution is -2.14. The zero-order valence-corrected chi connectivity index (χ0v) is 14.9. The van der Waals surface area contributed by atoms with Crippen LogP contribution in [0, 0.1) is 6.92 Å². The fourth-order valence-corrected chi connectivity index (χ4v) is 3.54. The zero-order chi connectivity index (χ0) is 17.1. The molecule has 0 spiro atoms. The number of carbonyl (C=O) groups excluding carboxylic acids is 1. The molecule has 4 nitrogen and oxygen atoms in total. The number of benzene rings is 2. The summed E-state index contributed by atoms with van der Waals surface area (Å²) in [4.78, 5) is 16.8. The summed E-state index contributed by atoms with van der Waals surface area (Å²) in [5.74, 6) is 0.664. The third kappa shape index (κ3) is 3.41. The van der Waals surface area contributed by atoms with Crippen LogP contribution in [0.5, 0.6) is 5.75 Å². The molecule has 3 rings (SSSR count). The quantitative estimate of drug-likeness (QED) is 0.751. The van der Waals surface area contributed by atoms with Crippen LogP contribution in [0.4, 0.5) is 5.13 Å². The zero-order valence-electron chi connectivity index (χ0n) is 14.1. The Morgan fingerprint density at radius 1 is 1.17 bits per heavy atom. The summed E-state index contributed by atoms with van der Waals surface area (Å²) in [6.07, 6.45) is 1.34. The lowest BCUT2D eigenvalue weighted by atomic mass is 10.1. The Balaban J connectivity index is 1.76. The van der Waals surface area contributed by atoms with Crippen LogP contribution < -0.4 is 10.1 Å². The first kappa shape index (κ1) is 16.5. The van der Waals surface area contributed by atoms with Crippen LogP contribution in [0.1, 0.15) is 23.6 Å². The number of thiazole rings is 1. The van der Waals surface area contributed by atoms with Crippen LogP contribution in [0.25, 0.3) is 10.2 Å². The van der Waals surface area contributed by atoms with Crippen molar-refractivity contribution >= 4 is 32.6 Å². The van der Waals surface area contributed by atoms with Gasteiger partial charge in [-0.3, -0.25) is 4.79 Å². The van der Waals surface area contributed by atoms with Crippen molar-refractivity contribution in [1.29, 1.82) is 0 Å². The van der Waals surface area contributed by atoms with Crippen LogP contribution in [0.2, 0.25) is 0 Å². The second-order valence-electron chi connectivity index (χ2n) is 5.68. The molecule has 1 aromatic heterocycles. The number of nitrogens with one attached hydrogen (secondary N) is 1. The molecule has 1 amide bonds. The second kappa shape index (κ2) is 7.01. The summed E-state index contributed by atoms with van der Waals surface area (Å²) in [5, 5.41) is 3.50. The number of hydrogen-bond donors (Lipinski definition) is 1. The van der Waals surface area contributed by atoms with Crippen molar-refractivity contribution in [3.63, 3.8) is 0 Å². The summed E-state index contributed by atoms with van der Waals surface area (Å²) in [6, 6.07) is 12.0. The van der Waals surface area contributed by atoms with E-state index in [2.05, 4.69) is 29.4 Å². The molecule has 24 heavy (non-hydrogen) atoms. The molecule has 0 fully saturated rings. The van der Waals surface area contributed by atoms with Crippen molar-refractivity contribution in [2.24, 2.45) is 0 Å². The molecule has 0 atom stereocenters. The smallest absolute Gasteiger partial charge is 0.230 e. The number of fused-ring (bicyclic) bond motifs is 1. The third-order valence-electron chi connectivity index (χ3n) is 3.97. The molecule has 2 aromatic carbocycles. The summed E-state index contributed by atoms with van der Waals surface area (Å²) < 4.78 is 6.39. The van der Waals surface area contributed by atoms with E-state index in [0.29, 0.717) is 11.6 Å². The summed E-state index contributed by atoms with van der Waals surface area (Å²) >= 11 is 1.48. The molecule has 0 saturated heterocycles. The number of amides is 1. The minimum Gasteiger partial charge on any atom is -0.494 e. The number of aryl methyl sites for hydroxylation is 2. The first-order chi connectivity index (χ1) is 11.6. The molecule has 124 valence electrons. The van der Waals surface area contributed by atoms with Gasteiger partial charge in [-0.05, 0) is 36.1 Å². The van der Waals surface area contributed by atoms with Crippen LogP contribution in [-0.4, -0.2) is 18.0 Å². The van der Waals surface area contributed by atoms with Gasteiger partial charge in [0.05, 0.1) is 18.2 Å². The van der Waals surface area contributed by atoms with E-state index in [1.807, 2.05) is 31.2 Å². The highest BCUT2D eigenvalue weighted by Gasteiger charge is 2.13. The highest BCUT2D eigenvalue weighted by molar-refractivity contribution is 7.22. The molecule has 0 radical (unpaired) electrons. The van der Waals surface area contributed by atoms with E-state index in [-0.39, 0.29) is 5.91 Å². The average Bonchev–Trinajstić information content (AvgIpc) is 3.00. The summed E-state index contributed by atoms with van der Waals surface area (Å²) in [6.45, 7) is 4.14. The molecule has 0 unspecified atom stereocenters. The van der Waals surface area contributed by atoms with Gasteiger partial charge in [-0.25, -0.2) is 4.98 Å². The Labute approximate surface area is 145 Å². The number of hydrogen-bond acceptors (Lipinski definition) is 4. The number of ether oxygens (including phenoxy) is 1. The number of methoxy groups -OCH3 is 1. The molecular weight excluding hydrogens is 320 g/mol. The predicted octanol–water partition coefficient (Wildman–Crippen LogP) is 4.36. The minimum atomic E-state index is -0.0603. The topological polar surface area (TPSA) is 51.2 Å². The first-order valence-corrected chi connectivity index (χ1v) is 8.74. The standard InChI is InChI=1S/C19H20N2O2S/c1-4-13-6-8-14(9-7-13)11-16(22)20-19-21-17-15(23-3)10-5-12(2)18(17)24-19/h5-10H,4,11H2,1-3H3,(H,20,21,22). The van der Waals surface area contributed by atoms with Crippen molar-refractivity contribution in [2.75, 3.05) is 12.4 Å². The van der Waals surface area contributed by atoms with Gasteiger partial charge in [-0.1, -0.05) is 48.6 Å². The van der Waals surface area contributed by atoms with Gasteiger partial charge in [0.2, 0.25) is 5.91 Å². The largest absolute Gasteiger partial charge is 0.494 e. The Morgan fingerprint density at radius 2 is 1.88 bits per heavy atom. The maximum Gasteiger partial charge on any atom is 0.230 e. The number of aromatic nitrogens is 1. The van der Waals surface area contributed by atoms with Crippen molar-refractivity contribution in [1.82, 2.24) is 4.98 Å². The second-order valence-corrected chi connectivity index (χ2v) is 6.68. The Morgan fingerprint density at radius 3 is 2.54 bits per heavy atom. The van der Waals surface area contributed by atoms with E-state index in [1.54, 1.807) is 7.11 Å². The highest BCUT2D eigenvalue weighted by Crippen LogP contribution is 2.34. The Hall–Kier alpha value is -2.40. The molecule has 3 aromatic rings. The van der Waals surface area contributed by atoms with Crippen molar-refractivity contribution in [2.45, 2.75) is 26.7 Å². The number of nitrogens with zero attached hydrogens (tertiary/aromatic N) is 1. The van der Waals surface area contributed by atoms with E-state index in [0.717, 1.165) is 33.5 Å². The van der Waals surface area contributed by atoms with Crippen LogP contribution in [0.3, 0.4) is 0 Å². The lowest BCUT2D eigenvalue weighted by Gasteiger charge is -2.03. The Bertz CT molecular complexity index is 869. The number of rotatable bonds is 5. The SMILES string of the molecule is CCc1ccc(CC(=O)Nc2nc3c(OC)ccc(C)c3s2)cc1. The maximum atomic E-state index is 12.3. The fourth-order valence-electron chi connectivity index (χ4n) is 2.57. The van der Waals surface area contributed by atoms with Gasteiger partial charge in [0.15, 0.2) is 5.13 Å². The van der Waals surface area contributed by atoms with E-state index in [1.165, 1.54) is 16.9 Å². The minimum absolute atomic E-state index is 0.0603. The van der Waals surface area contributed by atoms with E-state index >= 15 is 0 Å². The third-order valence-corrected chi connectivity index (χ3v) is 5.07. The molecule has 5 heteroatoms. The van der Waals surface area contributed by atoms with Crippen molar-refractivity contribution in [3.05, 3.63) is 53.1 Å². The highest BCUT2D eigenvalue weighted by atomic mass is 32.1. The molecule has 0 saturated carbocycles. The first-order valence-electron chi connectivity index (χ1n) is 7.92. The monoisotopic (exact) mass is 340 g/mol. The molecule has 0 aliphatic heterocycles. The number of carbonyl (C=O) groups is 1. The van der Waals surface area contributed by atoms with Crippen molar-refractivity contribution < 1.29 is 9.53 Å². The van der Waals surface area contributed by atoms with Gasteiger partial charge in [-0.15, -0.1) is 0 Å². The summed E-state index contributed by atoms with van der Waals surface area (Å²) in [5.41, 5.74) is 4.19. The lowest BCUT2D eigenvalue weighted by molar-refractivity contribution is -0.115.